The Bertz CT molecular complexity index is 1210. The zero-order chi connectivity index (χ0) is 27.7. The van der Waals surface area contributed by atoms with Gasteiger partial charge < -0.3 is 24.4 Å². The lowest BCUT2D eigenvalue weighted by atomic mass is 10.0. The highest BCUT2D eigenvalue weighted by atomic mass is 32.2. The molecule has 2 aromatic carbocycles. The van der Waals surface area contributed by atoms with Crippen LogP contribution in [0.4, 0.5) is 0 Å². The van der Waals surface area contributed by atoms with E-state index in [9.17, 15) is 13.2 Å². The topological polar surface area (TPSA) is 94.2 Å². The number of hydrogen-bond donors (Lipinski definition) is 1. The van der Waals surface area contributed by atoms with E-state index in [1.807, 2.05) is 24.3 Å². The lowest BCUT2D eigenvalue weighted by Gasteiger charge is -2.26. The van der Waals surface area contributed by atoms with Crippen molar-refractivity contribution in [1.82, 2.24) is 10.2 Å². The van der Waals surface area contributed by atoms with E-state index in [-0.39, 0.29) is 17.7 Å². The molecule has 8 nitrogen and oxygen atoms in total. The van der Waals surface area contributed by atoms with Crippen LogP contribution >= 0.6 is 0 Å². The van der Waals surface area contributed by atoms with Crippen molar-refractivity contribution in [3.63, 3.8) is 0 Å². The van der Waals surface area contributed by atoms with Crippen LogP contribution in [0.5, 0.6) is 17.2 Å². The summed E-state index contributed by atoms with van der Waals surface area (Å²) in [5, 5.41) is 3.24. The van der Waals surface area contributed by atoms with Crippen LogP contribution in [0.2, 0.25) is 0 Å². The van der Waals surface area contributed by atoms with Gasteiger partial charge in [-0.2, -0.15) is 0 Å². The van der Waals surface area contributed by atoms with Crippen LogP contribution in [0.1, 0.15) is 37.7 Å². The summed E-state index contributed by atoms with van der Waals surface area (Å²) in [6, 6.07) is 12.4. The lowest BCUT2D eigenvalue weighted by molar-refractivity contribution is -0.122. The number of methoxy groups -OCH3 is 1. The van der Waals surface area contributed by atoms with Gasteiger partial charge >= 0.3 is 0 Å². The summed E-state index contributed by atoms with van der Waals surface area (Å²) in [5.74, 6) is 2.68. The number of benzene rings is 2. The fourth-order valence-electron chi connectivity index (χ4n) is 5.15. The average Bonchev–Trinajstić information content (AvgIpc) is 3.40. The van der Waals surface area contributed by atoms with Crippen LogP contribution in [0.3, 0.4) is 0 Å². The fraction of sp³-hybridized carbons (Fsp3) is 0.500. The molecule has 0 radical (unpaired) electrons. The van der Waals surface area contributed by atoms with Crippen molar-refractivity contribution in [2.45, 2.75) is 49.5 Å². The highest BCUT2D eigenvalue weighted by molar-refractivity contribution is 7.91. The summed E-state index contributed by atoms with van der Waals surface area (Å²) in [5.41, 5.74) is 1.09. The van der Waals surface area contributed by atoms with Crippen molar-refractivity contribution >= 4 is 15.7 Å². The van der Waals surface area contributed by atoms with E-state index in [4.69, 9.17) is 14.2 Å². The molecule has 0 aromatic heterocycles. The molecule has 0 spiro atoms. The summed E-state index contributed by atoms with van der Waals surface area (Å²) in [6.45, 7) is 7.75. The highest BCUT2D eigenvalue weighted by Gasteiger charge is 2.24. The van der Waals surface area contributed by atoms with Crippen molar-refractivity contribution in [2.24, 2.45) is 5.92 Å². The minimum absolute atomic E-state index is 0.00461. The van der Waals surface area contributed by atoms with Gasteiger partial charge in [-0.15, -0.1) is 6.58 Å². The number of nitrogens with zero attached hydrogens (tertiary/aromatic N) is 1. The normalized spacial score (nSPS) is 17.9. The Balaban J connectivity index is 1.26. The van der Waals surface area contributed by atoms with E-state index in [2.05, 4.69) is 16.8 Å². The van der Waals surface area contributed by atoms with Crippen molar-refractivity contribution < 1.29 is 27.4 Å². The second kappa shape index (κ2) is 13.8. The predicted octanol–water partition coefficient (Wildman–Crippen LogP) is 4.04. The smallest absolute Gasteiger partial charge is 0.220 e. The van der Waals surface area contributed by atoms with E-state index >= 15 is 0 Å². The quantitative estimate of drug-likeness (QED) is 0.277. The SMILES string of the molecule is C=CC1CCN(CC(Cc2ccc3c(c2)OCCO3)NC(=O)CCCCCS(=O)(=O)c2ccc(OC)cc2)C1. The summed E-state index contributed by atoms with van der Waals surface area (Å²) in [7, 11) is -1.81. The van der Waals surface area contributed by atoms with Crippen LogP contribution in [0.15, 0.2) is 60.0 Å². The molecule has 1 saturated heterocycles. The number of carbonyl (C=O) groups excluding carboxylic acids is 1. The van der Waals surface area contributed by atoms with Gasteiger partial charge in [-0.25, -0.2) is 8.42 Å². The van der Waals surface area contributed by atoms with E-state index < -0.39 is 9.84 Å². The Morgan fingerprint density at radius 3 is 2.62 bits per heavy atom. The molecule has 0 aliphatic carbocycles. The monoisotopic (exact) mass is 556 g/mol. The summed E-state index contributed by atoms with van der Waals surface area (Å²) < 4.78 is 41.7. The van der Waals surface area contributed by atoms with Crippen molar-refractivity contribution in [1.29, 1.82) is 0 Å². The molecule has 2 aliphatic heterocycles. The molecular formula is C30H40N2O6S. The molecule has 2 atom stereocenters. The van der Waals surface area contributed by atoms with Gasteiger partial charge in [0.1, 0.15) is 19.0 Å². The first-order valence-corrected chi connectivity index (χ1v) is 15.4. The first kappa shape index (κ1) is 29.0. The Morgan fingerprint density at radius 2 is 1.90 bits per heavy atom. The summed E-state index contributed by atoms with van der Waals surface area (Å²) in [6.07, 6.45) is 5.99. The van der Waals surface area contributed by atoms with Gasteiger partial charge in [0.2, 0.25) is 5.91 Å². The minimum Gasteiger partial charge on any atom is -0.497 e. The molecule has 39 heavy (non-hydrogen) atoms. The maximum absolute atomic E-state index is 12.9. The minimum atomic E-state index is -3.35. The Morgan fingerprint density at radius 1 is 1.13 bits per heavy atom. The largest absolute Gasteiger partial charge is 0.497 e. The number of hydrogen-bond acceptors (Lipinski definition) is 7. The number of amides is 1. The van der Waals surface area contributed by atoms with Crippen LogP contribution in [0.25, 0.3) is 0 Å². The molecule has 1 amide bonds. The zero-order valence-corrected chi connectivity index (χ0v) is 23.6. The number of likely N-dealkylation sites (tertiary alicyclic amines) is 1. The summed E-state index contributed by atoms with van der Waals surface area (Å²) in [4.78, 5) is 15.6. The Hall–Kier alpha value is -3.04. The zero-order valence-electron chi connectivity index (χ0n) is 22.8. The molecule has 2 aromatic rings. The first-order chi connectivity index (χ1) is 18.9. The molecule has 212 valence electrons. The molecule has 9 heteroatoms. The van der Waals surface area contributed by atoms with Gasteiger partial charge in [-0.1, -0.05) is 18.6 Å². The van der Waals surface area contributed by atoms with Gasteiger partial charge in [0.05, 0.1) is 17.8 Å². The van der Waals surface area contributed by atoms with Crippen LogP contribution in [-0.4, -0.2) is 71.0 Å². The standard InChI is InChI=1S/C30H40N2O6S/c1-3-23-14-15-32(21-23)22-25(19-24-8-13-28-29(20-24)38-17-16-37-28)31-30(33)7-5-4-6-18-39(34,35)27-11-9-26(36-2)10-12-27/h3,8-13,20,23,25H,1,4-7,14-19,21-22H2,2H3,(H,31,33). The van der Waals surface area contributed by atoms with Gasteiger partial charge in [-0.05, 0) is 80.1 Å². The van der Waals surface area contributed by atoms with E-state index in [1.165, 1.54) is 0 Å². The number of fused-ring (bicyclic) bond motifs is 1. The third-order valence-corrected chi connectivity index (χ3v) is 9.13. The van der Waals surface area contributed by atoms with Gasteiger partial charge in [0.25, 0.3) is 0 Å². The average molecular weight is 557 g/mol. The van der Waals surface area contributed by atoms with E-state index in [0.29, 0.717) is 61.9 Å². The third kappa shape index (κ3) is 8.47. The van der Waals surface area contributed by atoms with E-state index in [0.717, 1.165) is 43.1 Å². The molecule has 0 bridgehead atoms. The number of ether oxygens (including phenoxy) is 3. The molecule has 2 unspecified atom stereocenters. The number of rotatable bonds is 14. The molecule has 2 heterocycles. The molecule has 0 saturated carbocycles. The number of nitrogens with one attached hydrogen (secondary N) is 1. The highest BCUT2D eigenvalue weighted by Crippen LogP contribution is 2.31. The number of unbranched alkanes of at least 4 members (excludes halogenated alkanes) is 2. The van der Waals surface area contributed by atoms with Crippen molar-refractivity contribution in [3.8, 4) is 17.2 Å². The van der Waals surface area contributed by atoms with Gasteiger partial charge in [-0.3, -0.25) is 4.79 Å². The predicted molar refractivity (Wildman–Crippen MR) is 151 cm³/mol. The first-order valence-electron chi connectivity index (χ1n) is 13.8. The number of carbonyl (C=O) groups is 1. The van der Waals surface area contributed by atoms with Gasteiger partial charge in [0, 0.05) is 25.6 Å². The van der Waals surface area contributed by atoms with Crippen LogP contribution in [-0.2, 0) is 21.1 Å². The second-order valence-electron chi connectivity index (χ2n) is 10.3. The maximum Gasteiger partial charge on any atom is 0.220 e. The van der Waals surface area contributed by atoms with E-state index in [1.54, 1.807) is 31.4 Å². The Labute approximate surface area is 232 Å². The molecule has 1 fully saturated rings. The molecular weight excluding hydrogens is 516 g/mol. The maximum atomic E-state index is 12.9. The van der Waals surface area contributed by atoms with Crippen molar-refractivity contribution in [3.05, 3.63) is 60.7 Å². The summed E-state index contributed by atoms with van der Waals surface area (Å²) >= 11 is 0. The molecule has 4 rings (SSSR count). The Kier molecular flexibility index (Phi) is 10.3. The third-order valence-electron chi connectivity index (χ3n) is 7.31. The second-order valence-corrected chi connectivity index (χ2v) is 12.4. The van der Waals surface area contributed by atoms with Gasteiger partial charge in [0.15, 0.2) is 21.3 Å². The van der Waals surface area contributed by atoms with Crippen LogP contribution in [0, 0.1) is 5.92 Å². The number of sulfone groups is 1. The van der Waals surface area contributed by atoms with Crippen molar-refractivity contribution in [2.75, 3.05) is 45.7 Å². The fourth-order valence-corrected chi connectivity index (χ4v) is 6.52. The lowest BCUT2D eigenvalue weighted by Crippen LogP contribution is -2.44. The molecule has 2 aliphatic rings. The molecule has 1 N–H and O–H groups in total. The van der Waals surface area contributed by atoms with Crippen LogP contribution < -0.4 is 19.5 Å².